The number of nitrogens with one attached hydrogen (secondary N) is 2. The molecule has 0 atom stereocenters. The van der Waals surface area contributed by atoms with Crippen molar-refractivity contribution in [3.05, 3.63) is 77.3 Å². The molecule has 6 nitrogen and oxygen atoms in total. The smallest absolute Gasteiger partial charge is 0.261 e. The highest BCUT2D eigenvalue weighted by Gasteiger charge is 2.14. The first-order chi connectivity index (χ1) is 14.8. The lowest BCUT2D eigenvalue weighted by atomic mass is 10.2. The SMILES string of the molecule is COc1ccc(NC(=O)CSc2ccc(NS(=O)(=O)c3ccc(C)cc3)cc2)cc1Cl. The monoisotopic (exact) mass is 476 g/mol. The number of ether oxygens (including phenoxy) is 1. The van der Waals surface area contributed by atoms with E-state index in [1.54, 1.807) is 66.7 Å². The maximum atomic E-state index is 12.5. The Labute approximate surface area is 191 Å². The van der Waals surface area contributed by atoms with Crippen LogP contribution < -0.4 is 14.8 Å². The van der Waals surface area contributed by atoms with Crippen molar-refractivity contribution in [3.8, 4) is 5.75 Å². The highest BCUT2D eigenvalue weighted by molar-refractivity contribution is 8.00. The molecule has 162 valence electrons. The van der Waals surface area contributed by atoms with Gasteiger partial charge in [-0.15, -0.1) is 11.8 Å². The molecule has 0 aliphatic carbocycles. The number of carbonyl (C=O) groups excluding carboxylic acids is 1. The number of hydrogen-bond donors (Lipinski definition) is 2. The molecule has 0 heterocycles. The minimum Gasteiger partial charge on any atom is -0.495 e. The summed E-state index contributed by atoms with van der Waals surface area (Å²) in [7, 11) is -2.13. The van der Waals surface area contributed by atoms with Crippen molar-refractivity contribution in [2.24, 2.45) is 0 Å². The fraction of sp³-hybridized carbons (Fsp3) is 0.136. The second kappa shape index (κ2) is 10.1. The van der Waals surface area contributed by atoms with E-state index in [2.05, 4.69) is 10.0 Å². The summed E-state index contributed by atoms with van der Waals surface area (Å²) in [6.07, 6.45) is 0. The first kappa shape index (κ1) is 23.0. The lowest BCUT2D eigenvalue weighted by molar-refractivity contribution is -0.113. The molecule has 0 radical (unpaired) electrons. The van der Waals surface area contributed by atoms with Gasteiger partial charge in [0.2, 0.25) is 5.91 Å². The lowest BCUT2D eigenvalue weighted by Gasteiger charge is -2.10. The summed E-state index contributed by atoms with van der Waals surface area (Å²) in [5, 5.41) is 3.19. The number of aryl methyl sites for hydroxylation is 1. The molecule has 0 unspecified atom stereocenters. The van der Waals surface area contributed by atoms with E-state index in [1.165, 1.54) is 18.9 Å². The Balaban J connectivity index is 1.55. The molecule has 3 aromatic rings. The summed E-state index contributed by atoms with van der Waals surface area (Å²) in [6.45, 7) is 1.90. The van der Waals surface area contributed by atoms with Crippen molar-refractivity contribution in [2.45, 2.75) is 16.7 Å². The Morgan fingerprint density at radius 2 is 1.65 bits per heavy atom. The molecule has 0 aliphatic heterocycles. The van der Waals surface area contributed by atoms with Gasteiger partial charge < -0.3 is 10.1 Å². The van der Waals surface area contributed by atoms with Gasteiger partial charge >= 0.3 is 0 Å². The van der Waals surface area contributed by atoms with Crippen LogP contribution in [-0.4, -0.2) is 27.2 Å². The van der Waals surface area contributed by atoms with Crippen LogP contribution in [0.3, 0.4) is 0 Å². The van der Waals surface area contributed by atoms with Crippen LogP contribution in [0.15, 0.2) is 76.5 Å². The van der Waals surface area contributed by atoms with Gasteiger partial charge in [0.15, 0.2) is 0 Å². The van der Waals surface area contributed by atoms with Crippen molar-refractivity contribution in [3.63, 3.8) is 0 Å². The van der Waals surface area contributed by atoms with Crippen molar-refractivity contribution in [1.29, 1.82) is 0 Å². The summed E-state index contributed by atoms with van der Waals surface area (Å²) >= 11 is 7.40. The molecule has 1 amide bonds. The molecule has 0 aromatic heterocycles. The standard InChI is InChI=1S/C22H21ClN2O4S2/c1-15-3-10-19(11-4-15)31(27,28)25-16-5-8-18(9-6-16)30-14-22(26)24-17-7-12-21(29-2)20(23)13-17/h3-13,25H,14H2,1-2H3,(H,24,26). The molecule has 0 bridgehead atoms. The van der Waals surface area contributed by atoms with E-state index in [4.69, 9.17) is 16.3 Å². The van der Waals surface area contributed by atoms with Gasteiger partial charge in [-0.25, -0.2) is 8.42 Å². The second-order valence-electron chi connectivity index (χ2n) is 6.63. The van der Waals surface area contributed by atoms with E-state index in [0.717, 1.165) is 10.5 Å². The van der Waals surface area contributed by atoms with Crippen molar-refractivity contribution >= 4 is 50.7 Å². The summed E-state index contributed by atoms with van der Waals surface area (Å²) in [5.41, 5.74) is 2.01. The normalized spacial score (nSPS) is 11.1. The van der Waals surface area contributed by atoms with Crippen LogP contribution in [0.2, 0.25) is 5.02 Å². The molecular formula is C22H21ClN2O4S2. The Morgan fingerprint density at radius 3 is 2.26 bits per heavy atom. The van der Waals surface area contributed by atoms with Crippen LogP contribution in [0, 0.1) is 6.92 Å². The summed E-state index contributed by atoms with van der Waals surface area (Å²) in [4.78, 5) is 13.2. The maximum absolute atomic E-state index is 12.5. The Kier molecular flexibility index (Phi) is 7.48. The van der Waals surface area contributed by atoms with Crippen LogP contribution in [0.5, 0.6) is 5.75 Å². The molecular weight excluding hydrogens is 456 g/mol. The number of sulfonamides is 1. The maximum Gasteiger partial charge on any atom is 0.261 e. The zero-order chi connectivity index (χ0) is 22.4. The van der Waals surface area contributed by atoms with Crippen LogP contribution in [0.4, 0.5) is 11.4 Å². The minimum atomic E-state index is -3.65. The summed E-state index contributed by atoms with van der Waals surface area (Å²) in [6, 6.07) is 18.5. The van der Waals surface area contributed by atoms with Gasteiger partial charge in [-0.2, -0.15) is 0 Å². The molecule has 0 fully saturated rings. The van der Waals surface area contributed by atoms with E-state index in [1.807, 2.05) is 6.92 Å². The fourth-order valence-electron chi connectivity index (χ4n) is 2.64. The highest BCUT2D eigenvalue weighted by atomic mass is 35.5. The van der Waals surface area contributed by atoms with Crippen LogP contribution in [0.25, 0.3) is 0 Å². The zero-order valence-corrected chi connectivity index (χ0v) is 19.3. The van der Waals surface area contributed by atoms with E-state index in [-0.39, 0.29) is 16.6 Å². The van der Waals surface area contributed by atoms with Crippen LogP contribution in [-0.2, 0) is 14.8 Å². The predicted molar refractivity (Wildman–Crippen MR) is 126 cm³/mol. The highest BCUT2D eigenvalue weighted by Crippen LogP contribution is 2.28. The number of amides is 1. The van der Waals surface area contributed by atoms with E-state index in [0.29, 0.717) is 22.1 Å². The van der Waals surface area contributed by atoms with Gasteiger partial charge in [-0.05, 0) is 61.5 Å². The van der Waals surface area contributed by atoms with Crippen molar-refractivity contribution < 1.29 is 17.9 Å². The van der Waals surface area contributed by atoms with Crippen molar-refractivity contribution in [2.75, 3.05) is 22.9 Å². The van der Waals surface area contributed by atoms with Gasteiger partial charge in [0, 0.05) is 16.3 Å². The quantitative estimate of drug-likeness (QED) is 0.437. The largest absolute Gasteiger partial charge is 0.495 e. The minimum absolute atomic E-state index is 0.185. The van der Waals surface area contributed by atoms with E-state index >= 15 is 0 Å². The van der Waals surface area contributed by atoms with Gasteiger partial charge in [-0.3, -0.25) is 9.52 Å². The summed E-state index contributed by atoms with van der Waals surface area (Å²) in [5.74, 6) is 0.542. The van der Waals surface area contributed by atoms with Gasteiger partial charge in [0.25, 0.3) is 10.0 Å². The molecule has 0 saturated heterocycles. The number of methoxy groups -OCH3 is 1. The molecule has 31 heavy (non-hydrogen) atoms. The Bertz CT molecular complexity index is 1170. The van der Waals surface area contributed by atoms with Crippen LogP contribution in [0.1, 0.15) is 5.56 Å². The number of rotatable bonds is 8. The molecule has 9 heteroatoms. The van der Waals surface area contributed by atoms with Gasteiger partial charge in [0.1, 0.15) is 5.75 Å². The number of hydrogen-bond acceptors (Lipinski definition) is 5. The van der Waals surface area contributed by atoms with Crippen molar-refractivity contribution in [1.82, 2.24) is 0 Å². The third kappa shape index (κ3) is 6.40. The number of benzene rings is 3. The van der Waals surface area contributed by atoms with Gasteiger partial charge in [0.05, 0.1) is 22.8 Å². The topological polar surface area (TPSA) is 84.5 Å². The molecule has 3 aromatic carbocycles. The number of thioether (sulfide) groups is 1. The molecule has 3 rings (SSSR count). The van der Waals surface area contributed by atoms with E-state index < -0.39 is 10.0 Å². The molecule has 0 aliphatic rings. The Morgan fingerprint density at radius 1 is 1.00 bits per heavy atom. The third-order valence-electron chi connectivity index (χ3n) is 4.24. The number of halogens is 1. The van der Waals surface area contributed by atoms with Gasteiger partial charge in [-0.1, -0.05) is 29.3 Å². The predicted octanol–water partition coefficient (Wildman–Crippen LogP) is 5.19. The van der Waals surface area contributed by atoms with E-state index in [9.17, 15) is 13.2 Å². The average Bonchev–Trinajstić information content (AvgIpc) is 2.73. The zero-order valence-electron chi connectivity index (χ0n) is 16.9. The first-order valence-electron chi connectivity index (χ1n) is 9.22. The first-order valence-corrected chi connectivity index (χ1v) is 12.1. The Hall–Kier alpha value is -2.68. The lowest BCUT2D eigenvalue weighted by Crippen LogP contribution is -2.14. The number of anilines is 2. The van der Waals surface area contributed by atoms with Crippen LogP contribution >= 0.6 is 23.4 Å². The fourth-order valence-corrected chi connectivity index (χ4v) is 4.66. The number of carbonyl (C=O) groups is 1. The third-order valence-corrected chi connectivity index (χ3v) is 6.95. The molecule has 2 N–H and O–H groups in total. The average molecular weight is 477 g/mol. The molecule has 0 saturated carbocycles. The molecule has 0 spiro atoms. The second-order valence-corrected chi connectivity index (χ2v) is 9.77. The summed E-state index contributed by atoms with van der Waals surface area (Å²) < 4.78 is 32.6.